The van der Waals surface area contributed by atoms with Crippen LogP contribution in [-0.4, -0.2) is 51.5 Å². The van der Waals surface area contributed by atoms with Gasteiger partial charge in [-0.3, -0.25) is 14.4 Å². The molecule has 216 valence electrons. The van der Waals surface area contributed by atoms with E-state index in [4.69, 9.17) is 10.5 Å². The van der Waals surface area contributed by atoms with Crippen LogP contribution in [0.5, 0.6) is 5.75 Å². The van der Waals surface area contributed by atoms with E-state index < -0.39 is 41.5 Å². The van der Waals surface area contributed by atoms with Crippen molar-refractivity contribution in [3.05, 3.63) is 65.2 Å². The van der Waals surface area contributed by atoms with Crippen LogP contribution in [0, 0.1) is 6.92 Å². The molecular weight excluding hydrogens is 512 g/mol. The smallest absolute Gasteiger partial charge is 0.408 e. The molecule has 0 aromatic heterocycles. The van der Waals surface area contributed by atoms with Gasteiger partial charge in [0.1, 0.15) is 23.4 Å². The largest absolute Gasteiger partial charge is 0.508 e. The van der Waals surface area contributed by atoms with Gasteiger partial charge in [0.2, 0.25) is 17.7 Å². The van der Waals surface area contributed by atoms with Crippen LogP contribution in [0.25, 0.3) is 0 Å². The fraction of sp³-hybridized carbons (Fsp3) is 0.467. The monoisotopic (exact) mass is 552 g/mol. The van der Waals surface area contributed by atoms with Gasteiger partial charge in [0, 0.05) is 19.0 Å². The van der Waals surface area contributed by atoms with E-state index in [0.717, 1.165) is 12.0 Å². The van der Waals surface area contributed by atoms with Crippen LogP contribution < -0.4 is 16.4 Å². The van der Waals surface area contributed by atoms with E-state index in [2.05, 4.69) is 10.6 Å². The average Bonchev–Trinajstić information content (AvgIpc) is 2.85. The lowest BCUT2D eigenvalue weighted by molar-refractivity contribution is -0.147. The Balaban J connectivity index is 1.99. The van der Waals surface area contributed by atoms with Gasteiger partial charge in [0.25, 0.3) is 0 Å². The summed E-state index contributed by atoms with van der Waals surface area (Å²) in [5.74, 6) is -1.47. The van der Waals surface area contributed by atoms with Crippen LogP contribution in [0.4, 0.5) is 4.79 Å². The van der Waals surface area contributed by atoms with Crippen molar-refractivity contribution in [1.29, 1.82) is 0 Å². The van der Waals surface area contributed by atoms with Crippen molar-refractivity contribution in [2.75, 3.05) is 0 Å². The highest BCUT2D eigenvalue weighted by Gasteiger charge is 2.42. The molecule has 2 aromatic carbocycles. The molecule has 2 atom stereocenters. The van der Waals surface area contributed by atoms with Gasteiger partial charge in [-0.05, 0) is 82.2 Å². The van der Waals surface area contributed by atoms with Gasteiger partial charge in [0.05, 0.1) is 0 Å². The number of alkyl carbamates (subject to hydrolysis) is 1. The molecule has 0 radical (unpaired) electrons. The summed E-state index contributed by atoms with van der Waals surface area (Å²) in [6.07, 6.45) is 1.24. The fourth-order valence-corrected chi connectivity index (χ4v) is 4.53. The minimum absolute atomic E-state index is 0.0520. The number of amides is 4. The topological polar surface area (TPSA) is 151 Å². The molecule has 0 saturated heterocycles. The number of ether oxygens (including phenoxy) is 1. The van der Waals surface area contributed by atoms with E-state index in [1.807, 2.05) is 30.3 Å². The van der Waals surface area contributed by atoms with Crippen molar-refractivity contribution in [1.82, 2.24) is 15.5 Å². The second-order valence-corrected chi connectivity index (χ2v) is 11.2. The van der Waals surface area contributed by atoms with Crippen molar-refractivity contribution in [2.24, 2.45) is 5.73 Å². The number of carbonyl (C=O) groups is 4. The Morgan fingerprint density at radius 1 is 1.10 bits per heavy atom. The summed E-state index contributed by atoms with van der Waals surface area (Å²) in [6.45, 7) is 7.07. The molecule has 1 aliphatic carbocycles. The third kappa shape index (κ3) is 8.46. The standard InChI is InChI=1S/C30H40N4O6/c1-19-17-21(13-15-24(19)35)26(27(37)32-18-20-9-6-5-7-10-20)34(22-11-8-12-22)28(38)23(14-16-25(31)36)33-29(39)40-30(2,3)4/h5-7,9-10,13,15,17,22-23,26,35H,8,11-12,14,16,18H2,1-4H3,(H2,31,36)(H,32,37)(H,33,39). The summed E-state index contributed by atoms with van der Waals surface area (Å²) in [5, 5.41) is 15.7. The number of hydrogen-bond acceptors (Lipinski definition) is 6. The van der Waals surface area contributed by atoms with Crippen LogP contribution in [0.2, 0.25) is 0 Å². The van der Waals surface area contributed by atoms with Gasteiger partial charge in [-0.1, -0.05) is 36.4 Å². The third-order valence-electron chi connectivity index (χ3n) is 6.76. The Kier molecular flexibility index (Phi) is 10.1. The van der Waals surface area contributed by atoms with E-state index in [0.29, 0.717) is 24.0 Å². The van der Waals surface area contributed by atoms with Gasteiger partial charge < -0.3 is 31.1 Å². The van der Waals surface area contributed by atoms with Crippen LogP contribution in [-0.2, 0) is 25.7 Å². The highest BCUT2D eigenvalue weighted by Crippen LogP contribution is 2.35. The zero-order valence-corrected chi connectivity index (χ0v) is 23.6. The fourth-order valence-electron chi connectivity index (χ4n) is 4.53. The number of nitrogens with zero attached hydrogens (tertiary/aromatic N) is 1. The Morgan fingerprint density at radius 2 is 1.77 bits per heavy atom. The van der Waals surface area contributed by atoms with Crippen LogP contribution in [0.15, 0.2) is 48.5 Å². The molecule has 0 heterocycles. The summed E-state index contributed by atoms with van der Waals surface area (Å²) in [7, 11) is 0. The molecule has 3 rings (SSSR count). The number of hydrogen-bond donors (Lipinski definition) is 4. The first-order valence-electron chi connectivity index (χ1n) is 13.6. The Morgan fingerprint density at radius 3 is 2.33 bits per heavy atom. The summed E-state index contributed by atoms with van der Waals surface area (Å²) >= 11 is 0. The van der Waals surface area contributed by atoms with E-state index in [9.17, 15) is 24.3 Å². The Hall–Kier alpha value is -4.08. The molecule has 0 bridgehead atoms. The molecule has 5 N–H and O–H groups in total. The summed E-state index contributed by atoms with van der Waals surface area (Å²) in [4.78, 5) is 53.9. The van der Waals surface area contributed by atoms with Crippen molar-refractivity contribution in [3.8, 4) is 5.75 Å². The number of phenolic OH excluding ortho intramolecular Hbond substituents is 1. The van der Waals surface area contributed by atoms with Gasteiger partial charge in [-0.2, -0.15) is 0 Å². The molecule has 2 unspecified atom stereocenters. The van der Waals surface area contributed by atoms with Crippen molar-refractivity contribution in [2.45, 2.75) is 90.1 Å². The maximum absolute atomic E-state index is 14.2. The second-order valence-electron chi connectivity index (χ2n) is 11.2. The molecule has 1 aliphatic rings. The van der Waals surface area contributed by atoms with Crippen LogP contribution in [0.1, 0.15) is 75.6 Å². The Bertz CT molecular complexity index is 1210. The first-order valence-corrected chi connectivity index (χ1v) is 13.6. The molecule has 0 spiro atoms. The van der Waals surface area contributed by atoms with E-state index in [1.54, 1.807) is 39.8 Å². The molecule has 4 amide bonds. The number of nitrogens with two attached hydrogens (primary N) is 1. The molecule has 10 nitrogen and oxygen atoms in total. The van der Waals surface area contributed by atoms with Crippen LogP contribution >= 0.6 is 0 Å². The number of phenols is 1. The molecule has 1 fully saturated rings. The molecule has 10 heteroatoms. The summed E-state index contributed by atoms with van der Waals surface area (Å²) in [6, 6.07) is 11.8. The number of nitrogens with one attached hydrogen (secondary N) is 2. The quantitative estimate of drug-likeness (QED) is 0.334. The molecular formula is C30H40N4O6. The van der Waals surface area contributed by atoms with Crippen molar-refractivity contribution < 1.29 is 29.0 Å². The van der Waals surface area contributed by atoms with Crippen molar-refractivity contribution >= 4 is 23.8 Å². The van der Waals surface area contributed by atoms with E-state index >= 15 is 0 Å². The number of carbonyl (C=O) groups excluding carboxylic acids is 4. The summed E-state index contributed by atoms with van der Waals surface area (Å²) in [5.41, 5.74) is 6.53. The van der Waals surface area contributed by atoms with Crippen LogP contribution in [0.3, 0.4) is 0 Å². The maximum atomic E-state index is 14.2. The van der Waals surface area contributed by atoms with Gasteiger partial charge in [-0.25, -0.2) is 4.79 Å². The number of benzene rings is 2. The summed E-state index contributed by atoms with van der Waals surface area (Å²) < 4.78 is 5.37. The van der Waals surface area contributed by atoms with Gasteiger partial charge >= 0.3 is 6.09 Å². The number of primary amides is 1. The lowest BCUT2D eigenvalue weighted by atomic mass is 9.87. The predicted octanol–water partition coefficient (Wildman–Crippen LogP) is 3.60. The lowest BCUT2D eigenvalue weighted by Crippen LogP contribution is -2.57. The zero-order chi connectivity index (χ0) is 29.4. The average molecular weight is 553 g/mol. The SMILES string of the molecule is Cc1cc(C(C(=O)NCc2ccccc2)N(C(=O)C(CCC(N)=O)NC(=O)OC(C)(C)C)C2CCC2)ccc1O. The zero-order valence-electron chi connectivity index (χ0n) is 23.6. The predicted molar refractivity (Wildman–Crippen MR) is 150 cm³/mol. The number of aryl methyl sites for hydroxylation is 1. The molecule has 2 aromatic rings. The minimum Gasteiger partial charge on any atom is -0.508 e. The highest BCUT2D eigenvalue weighted by molar-refractivity contribution is 5.93. The molecule has 40 heavy (non-hydrogen) atoms. The van der Waals surface area contributed by atoms with E-state index in [-0.39, 0.29) is 31.2 Å². The normalized spacial score (nSPS) is 14.8. The first kappa shape index (κ1) is 30.5. The van der Waals surface area contributed by atoms with Gasteiger partial charge in [0.15, 0.2) is 0 Å². The second kappa shape index (κ2) is 13.3. The lowest BCUT2D eigenvalue weighted by Gasteiger charge is -2.43. The first-order chi connectivity index (χ1) is 18.9. The van der Waals surface area contributed by atoms with Gasteiger partial charge in [-0.15, -0.1) is 0 Å². The number of rotatable bonds is 11. The Labute approximate surface area is 235 Å². The molecule has 0 aliphatic heterocycles. The van der Waals surface area contributed by atoms with E-state index in [1.165, 1.54) is 11.0 Å². The number of aromatic hydroxyl groups is 1. The third-order valence-corrected chi connectivity index (χ3v) is 6.76. The minimum atomic E-state index is -1.15. The highest BCUT2D eigenvalue weighted by atomic mass is 16.6. The molecule has 1 saturated carbocycles. The van der Waals surface area contributed by atoms with Crippen molar-refractivity contribution in [3.63, 3.8) is 0 Å². The maximum Gasteiger partial charge on any atom is 0.408 e.